The Morgan fingerprint density at radius 1 is 1.00 bits per heavy atom. The molecular weight excluding hydrogens is 380 g/mol. The van der Waals surface area contributed by atoms with Crippen LogP contribution in [0.1, 0.15) is 27.7 Å². The maximum absolute atomic E-state index is 13.3. The van der Waals surface area contributed by atoms with Crippen LogP contribution in [0.5, 0.6) is 17.2 Å². The summed E-state index contributed by atoms with van der Waals surface area (Å²) in [4.78, 5) is 15.1. The number of rotatable bonds is 6. The molecule has 0 unspecified atom stereocenters. The van der Waals surface area contributed by atoms with Crippen LogP contribution >= 0.6 is 0 Å². The maximum atomic E-state index is 13.3. The van der Waals surface area contributed by atoms with E-state index in [2.05, 4.69) is 5.32 Å². The minimum Gasteiger partial charge on any atom is -0.504 e. The number of carbonyl (C=O) groups is 1. The van der Waals surface area contributed by atoms with Gasteiger partial charge in [-0.15, -0.1) is 0 Å². The highest BCUT2D eigenvalue weighted by atomic mass is 16.5. The zero-order valence-corrected chi connectivity index (χ0v) is 17.0. The Morgan fingerprint density at radius 3 is 2.47 bits per heavy atom. The Labute approximate surface area is 175 Å². The summed E-state index contributed by atoms with van der Waals surface area (Å²) in [6, 6.07) is 20.5. The third kappa shape index (κ3) is 3.76. The highest BCUT2D eigenvalue weighted by molar-refractivity contribution is 6.01. The Balaban J connectivity index is 1.64. The van der Waals surface area contributed by atoms with Crippen LogP contribution < -0.4 is 14.8 Å². The lowest BCUT2D eigenvalue weighted by atomic mass is 10.0. The number of carbonyl (C=O) groups excluding carboxylic acids is 1. The van der Waals surface area contributed by atoms with Crippen LogP contribution in [0, 0.1) is 0 Å². The van der Waals surface area contributed by atoms with Gasteiger partial charge in [0.15, 0.2) is 11.5 Å². The molecule has 1 atom stereocenters. The summed E-state index contributed by atoms with van der Waals surface area (Å²) >= 11 is 0. The average molecular weight is 404 g/mol. The molecule has 1 heterocycles. The second-order valence-corrected chi connectivity index (χ2v) is 7.12. The van der Waals surface area contributed by atoms with Crippen molar-refractivity contribution >= 4 is 11.6 Å². The zero-order valence-electron chi connectivity index (χ0n) is 17.0. The Bertz CT molecular complexity index is 1050. The van der Waals surface area contributed by atoms with E-state index in [1.165, 1.54) is 7.11 Å². The number of phenols is 1. The van der Waals surface area contributed by atoms with E-state index in [4.69, 9.17) is 9.47 Å². The molecule has 1 aliphatic rings. The van der Waals surface area contributed by atoms with Crippen molar-refractivity contribution in [2.75, 3.05) is 26.1 Å². The Hall–Kier alpha value is -3.67. The number of anilines is 1. The largest absolute Gasteiger partial charge is 0.504 e. The van der Waals surface area contributed by atoms with Crippen LogP contribution in [0.4, 0.5) is 5.69 Å². The third-order valence-corrected chi connectivity index (χ3v) is 5.34. The summed E-state index contributed by atoms with van der Waals surface area (Å²) < 4.78 is 10.4. The second-order valence-electron chi connectivity index (χ2n) is 7.12. The molecule has 6 heteroatoms. The quantitative estimate of drug-likeness (QED) is 0.644. The summed E-state index contributed by atoms with van der Waals surface area (Å²) in [7, 11) is 3.15. The SMILES string of the molecule is COc1ccc(CCN2C(=O)c3ccccc3N[C@H]2c2ccc(OC)c(O)c2)cc1. The summed E-state index contributed by atoms with van der Waals surface area (Å²) in [5.74, 6) is 1.19. The molecule has 0 saturated carbocycles. The van der Waals surface area contributed by atoms with E-state index in [1.54, 1.807) is 24.1 Å². The first kappa shape index (κ1) is 19.6. The number of fused-ring (bicyclic) bond motifs is 1. The molecule has 0 aliphatic carbocycles. The maximum Gasteiger partial charge on any atom is 0.257 e. The number of hydrogen-bond donors (Lipinski definition) is 2. The molecule has 154 valence electrons. The van der Waals surface area contributed by atoms with Crippen molar-refractivity contribution in [3.05, 3.63) is 83.4 Å². The van der Waals surface area contributed by atoms with E-state index in [1.807, 2.05) is 54.6 Å². The number of para-hydroxylation sites is 1. The number of phenolic OH excluding ortho intramolecular Hbond substituents is 1. The third-order valence-electron chi connectivity index (χ3n) is 5.34. The van der Waals surface area contributed by atoms with Crippen LogP contribution in [-0.2, 0) is 6.42 Å². The van der Waals surface area contributed by atoms with Crippen molar-refractivity contribution in [1.82, 2.24) is 4.90 Å². The lowest BCUT2D eigenvalue weighted by Gasteiger charge is -2.38. The first-order valence-corrected chi connectivity index (χ1v) is 9.77. The van der Waals surface area contributed by atoms with E-state index in [0.717, 1.165) is 22.6 Å². The summed E-state index contributed by atoms with van der Waals surface area (Å²) in [6.07, 6.45) is 0.292. The Morgan fingerprint density at radius 2 is 1.77 bits per heavy atom. The van der Waals surface area contributed by atoms with Crippen molar-refractivity contribution in [3.8, 4) is 17.2 Å². The molecule has 0 bridgehead atoms. The monoisotopic (exact) mass is 404 g/mol. The minimum absolute atomic E-state index is 0.0400. The van der Waals surface area contributed by atoms with Crippen LogP contribution in [0.15, 0.2) is 66.7 Å². The molecule has 0 radical (unpaired) electrons. The Kier molecular flexibility index (Phi) is 5.48. The van der Waals surface area contributed by atoms with Crippen molar-refractivity contribution in [3.63, 3.8) is 0 Å². The van der Waals surface area contributed by atoms with Crippen molar-refractivity contribution in [1.29, 1.82) is 0 Å². The van der Waals surface area contributed by atoms with Gasteiger partial charge >= 0.3 is 0 Å². The van der Waals surface area contributed by atoms with Crippen LogP contribution in [0.3, 0.4) is 0 Å². The first-order chi connectivity index (χ1) is 14.6. The number of amides is 1. The topological polar surface area (TPSA) is 71.0 Å². The molecule has 0 fully saturated rings. The predicted molar refractivity (Wildman–Crippen MR) is 115 cm³/mol. The summed E-state index contributed by atoms with van der Waals surface area (Å²) in [5, 5.41) is 13.7. The smallest absolute Gasteiger partial charge is 0.257 e. The van der Waals surface area contributed by atoms with Crippen molar-refractivity contribution in [2.45, 2.75) is 12.6 Å². The highest BCUT2D eigenvalue weighted by Crippen LogP contribution is 2.36. The fourth-order valence-corrected chi connectivity index (χ4v) is 3.71. The van der Waals surface area contributed by atoms with E-state index >= 15 is 0 Å². The number of hydrogen-bond acceptors (Lipinski definition) is 5. The van der Waals surface area contributed by atoms with Gasteiger partial charge in [-0.25, -0.2) is 0 Å². The fourth-order valence-electron chi connectivity index (χ4n) is 3.71. The molecule has 6 nitrogen and oxygen atoms in total. The molecule has 0 saturated heterocycles. The minimum atomic E-state index is -0.401. The van der Waals surface area contributed by atoms with Crippen molar-refractivity contribution < 1.29 is 19.4 Å². The van der Waals surface area contributed by atoms with Crippen LogP contribution in [-0.4, -0.2) is 36.7 Å². The zero-order chi connectivity index (χ0) is 21.1. The fraction of sp³-hybridized carbons (Fsp3) is 0.208. The summed E-state index contributed by atoms with van der Waals surface area (Å²) in [6.45, 7) is 0.518. The van der Waals surface area contributed by atoms with E-state index in [0.29, 0.717) is 24.3 Å². The molecule has 0 aromatic heterocycles. The number of methoxy groups -OCH3 is 2. The van der Waals surface area contributed by atoms with Gasteiger partial charge in [0, 0.05) is 12.2 Å². The van der Waals surface area contributed by atoms with Gasteiger partial charge in [0.05, 0.1) is 19.8 Å². The predicted octanol–water partition coefficient (Wildman–Crippen LogP) is 4.22. The molecule has 4 rings (SSSR count). The molecule has 1 amide bonds. The van der Waals surface area contributed by atoms with E-state index < -0.39 is 6.17 Å². The van der Waals surface area contributed by atoms with Gasteiger partial charge in [0.25, 0.3) is 5.91 Å². The lowest BCUT2D eigenvalue weighted by Crippen LogP contribution is -2.43. The molecule has 0 spiro atoms. The molecule has 3 aromatic rings. The van der Waals surface area contributed by atoms with Crippen LogP contribution in [0.25, 0.3) is 0 Å². The second kappa shape index (κ2) is 8.37. The summed E-state index contributed by atoms with van der Waals surface area (Å²) in [5.41, 5.74) is 3.31. The van der Waals surface area contributed by atoms with Gasteiger partial charge in [-0.2, -0.15) is 0 Å². The first-order valence-electron chi connectivity index (χ1n) is 9.77. The van der Waals surface area contributed by atoms with Gasteiger partial charge in [0.1, 0.15) is 11.9 Å². The molecule has 2 N–H and O–H groups in total. The van der Waals surface area contributed by atoms with Gasteiger partial charge in [-0.05, 0) is 53.9 Å². The van der Waals surface area contributed by atoms with E-state index in [-0.39, 0.29) is 11.7 Å². The lowest BCUT2D eigenvalue weighted by molar-refractivity contribution is 0.0685. The van der Waals surface area contributed by atoms with Crippen molar-refractivity contribution in [2.24, 2.45) is 0 Å². The molecule has 30 heavy (non-hydrogen) atoms. The number of nitrogens with zero attached hydrogens (tertiary/aromatic N) is 1. The van der Waals surface area contributed by atoms with Gasteiger partial charge in [-0.3, -0.25) is 4.79 Å². The number of aromatic hydroxyl groups is 1. The standard InChI is InChI=1S/C24H24N2O4/c1-29-18-10-7-16(8-11-18)13-14-26-23(17-9-12-22(30-2)21(27)15-17)25-20-6-4-3-5-19(20)24(26)28/h3-12,15,23,25,27H,13-14H2,1-2H3/t23-/m1/s1. The normalized spacial score (nSPS) is 15.3. The molecular formula is C24H24N2O4. The average Bonchev–Trinajstić information content (AvgIpc) is 2.78. The number of benzene rings is 3. The van der Waals surface area contributed by atoms with Gasteiger partial charge in [0.2, 0.25) is 0 Å². The number of ether oxygens (including phenoxy) is 2. The van der Waals surface area contributed by atoms with Gasteiger partial charge < -0.3 is 24.8 Å². The highest BCUT2D eigenvalue weighted by Gasteiger charge is 2.32. The molecule has 3 aromatic carbocycles. The number of nitrogens with one attached hydrogen (secondary N) is 1. The van der Waals surface area contributed by atoms with E-state index in [9.17, 15) is 9.90 Å². The molecule has 1 aliphatic heterocycles. The van der Waals surface area contributed by atoms with Gasteiger partial charge in [-0.1, -0.05) is 30.3 Å². The van der Waals surface area contributed by atoms with Crippen LogP contribution in [0.2, 0.25) is 0 Å².